The molecule has 22 heavy (non-hydrogen) atoms. The number of benzene rings is 1. The second kappa shape index (κ2) is 8.36. The van der Waals surface area contributed by atoms with Crippen LogP contribution in [0.5, 0.6) is 5.75 Å². The third-order valence-corrected chi connectivity index (χ3v) is 4.50. The number of ether oxygens (including phenoxy) is 1. The molecule has 5 nitrogen and oxygen atoms in total. The lowest BCUT2D eigenvalue weighted by molar-refractivity contribution is -0.124. The van der Waals surface area contributed by atoms with E-state index in [0.717, 1.165) is 16.4 Å². The number of halogens is 1. The van der Waals surface area contributed by atoms with Crippen molar-refractivity contribution in [3.8, 4) is 5.75 Å². The summed E-state index contributed by atoms with van der Waals surface area (Å²) in [4.78, 5) is 23.6. The summed E-state index contributed by atoms with van der Waals surface area (Å²) >= 11 is 2.04. The predicted molar refractivity (Wildman–Crippen MR) is 90.7 cm³/mol. The summed E-state index contributed by atoms with van der Waals surface area (Å²) in [7, 11) is 0. The molecule has 1 aliphatic rings. The lowest BCUT2D eigenvalue weighted by Crippen LogP contribution is -2.33. The molecule has 0 saturated heterocycles. The first-order chi connectivity index (χ1) is 10.6. The molecule has 0 unspecified atom stereocenters. The summed E-state index contributed by atoms with van der Waals surface area (Å²) in [6, 6.07) is 4.64. The fourth-order valence-corrected chi connectivity index (χ4v) is 3.07. The van der Waals surface area contributed by atoms with Crippen molar-refractivity contribution in [1.82, 2.24) is 5.32 Å². The summed E-state index contributed by atoms with van der Waals surface area (Å²) in [5.41, 5.74) is 0.0759. The molecule has 1 aliphatic carbocycles. The van der Waals surface area contributed by atoms with E-state index in [-0.39, 0.29) is 23.8 Å². The van der Waals surface area contributed by atoms with Crippen LogP contribution in [0.3, 0.4) is 0 Å². The van der Waals surface area contributed by atoms with Gasteiger partial charge in [0, 0.05) is 10.1 Å². The van der Waals surface area contributed by atoms with Gasteiger partial charge in [0.25, 0.3) is 5.91 Å². The summed E-state index contributed by atoms with van der Waals surface area (Å²) in [5, 5.41) is 12.4. The van der Waals surface area contributed by atoms with E-state index in [2.05, 4.69) is 5.32 Å². The Morgan fingerprint density at radius 3 is 2.73 bits per heavy atom. The molecule has 0 aromatic heterocycles. The Kier molecular flexibility index (Phi) is 6.48. The van der Waals surface area contributed by atoms with Crippen molar-refractivity contribution in [2.45, 2.75) is 32.1 Å². The van der Waals surface area contributed by atoms with Gasteiger partial charge in [-0.3, -0.25) is 4.79 Å². The van der Waals surface area contributed by atoms with Crippen molar-refractivity contribution in [2.24, 2.45) is 5.92 Å². The Bertz CT molecular complexity index is 541. The van der Waals surface area contributed by atoms with Gasteiger partial charge in [-0.05, 0) is 59.5 Å². The van der Waals surface area contributed by atoms with E-state index in [1.807, 2.05) is 22.6 Å². The minimum absolute atomic E-state index is 0.0759. The average molecular weight is 417 g/mol. The maximum atomic E-state index is 11.9. The van der Waals surface area contributed by atoms with Gasteiger partial charge in [0.15, 0.2) is 6.61 Å². The number of carbonyl (C=O) groups excluding carboxylic acids is 2. The van der Waals surface area contributed by atoms with Crippen molar-refractivity contribution >= 4 is 34.5 Å². The molecule has 0 bridgehead atoms. The minimum Gasteiger partial charge on any atom is -0.507 e. The van der Waals surface area contributed by atoms with Gasteiger partial charge in [-0.2, -0.15) is 0 Å². The van der Waals surface area contributed by atoms with Crippen molar-refractivity contribution in [1.29, 1.82) is 0 Å². The Morgan fingerprint density at radius 2 is 2.00 bits per heavy atom. The van der Waals surface area contributed by atoms with Gasteiger partial charge in [0.1, 0.15) is 11.3 Å². The standard InChI is InChI=1S/C16H20INO4/c17-12-6-7-14(19)13(8-12)16(21)22-10-15(20)18-9-11-4-2-1-3-5-11/h6-8,11,19H,1-5,9-10H2,(H,18,20). The lowest BCUT2D eigenvalue weighted by atomic mass is 9.89. The fraction of sp³-hybridized carbons (Fsp3) is 0.500. The van der Waals surface area contributed by atoms with Gasteiger partial charge < -0.3 is 15.2 Å². The van der Waals surface area contributed by atoms with Gasteiger partial charge in [-0.15, -0.1) is 0 Å². The number of hydrogen-bond acceptors (Lipinski definition) is 4. The largest absolute Gasteiger partial charge is 0.507 e. The van der Waals surface area contributed by atoms with Crippen LogP contribution in [0.1, 0.15) is 42.5 Å². The molecule has 0 atom stereocenters. The summed E-state index contributed by atoms with van der Waals surface area (Å²) in [5.74, 6) is -0.603. The van der Waals surface area contributed by atoms with Crippen LogP contribution in [-0.4, -0.2) is 30.1 Å². The first kappa shape index (κ1) is 17.1. The molecule has 120 valence electrons. The predicted octanol–water partition coefficient (Wildman–Crippen LogP) is 2.85. The molecular formula is C16H20INO4. The number of amides is 1. The first-order valence-corrected chi connectivity index (χ1v) is 8.56. The Labute approximate surface area is 143 Å². The van der Waals surface area contributed by atoms with Crippen LogP contribution in [0, 0.1) is 9.49 Å². The Balaban J connectivity index is 1.75. The van der Waals surface area contributed by atoms with Gasteiger partial charge in [-0.25, -0.2) is 4.79 Å². The quantitative estimate of drug-likeness (QED) is 0.571. The smallest absolute Gasteiger partial charge is 0.342 e. The van der Waals surface area contributed by atoms with E-state index in [1.165, 1.54) is 31.4 Å². The summed E-state index contributed by atoms with van der Waals surface area (Å²) in [6.07, 6.45) is 6.02. The Hall–Kier alpha value is -1.31. The Morgan fingerprint density at radius 1 is 1.27 bits per heavy atom. The molecule has 2 rings (SSSR count). The number of hydrogen-bond donors (Lipinski definition) is 2. The number of rotatable bonds is 5. The zero-order valence-electron chi connectivity index (χ0n) is 12.3. The molecule has 2 N–H and O–H groups in total. The number of aromatic hydroxyl groups is 1. The van der Waals surface area contributed by atoms with Crippen LogP contribution >= 0.6 is 22.6 Å². The van der Waals surface area contributed by atoms with Gasteiger partial charge >= 0.3 is 5.97 Å². The van der Waals surface area contributed by atoms with Crippen molar-refractivity contribution < 1.29 is 19.4 Å². The number of phenols is 1. The zero-order chi connectivity index (χ0) is 15.9. The molecule has 0 spiro atoms. The topological polar surface area (TPSA) is 75.6 Å². The number of carbonyl (C=O) groups is 2. The highest BCUT2D eigenvalue weighted by atomic mass is 127. The second-order valence-electron chi connectivity index (χ2n) is 5.55. The molecule has 1 fully saturated rings. The van der Waals surface area contributed by atoms with E-state index < -0.39 is 5.97 Å². The van der Waals surface area contributed by atoms with E-state index in [1.54, 1.807) is 6.07 Å². The summed E-state index contributed by atoms with van der Waals surface area (Å²) in [6.45, 7) is 0.321. The number of esters is 1. The molecule has 0 aliphatic heterocycles. The molecule has 1 aromatic carbocycles. The normalized spacial score (nSPS) is 15.3. The van der Waals surface area contributed by atoms with Crippen molar-refractivity contribution in [3.63, 3.8) is 0 Å². The third-order valence-electron chi connectivity index (χ3n) is 3.83. The maximum absolute atomic E-state index is 11.9. The first-order valence-electron chi connectivity index (χ1n) is 7.48. The molecular weight excluding hydrogens is 397 g/mol. The van der Waals surface area contributed by atoms with Gasteiger partial charge in [0.2, 0.25) is 0 Å². The molecule has 0 radical (unpaired) electrons. The minimum atomic E-state index is -0.691. The highest BCUT2D eigenvalue weighted by molar-refractivity contribution is 14.1. The van der Waals surface area contributed by atoms with Crippen LogP contribution in [0.25, 0.3) is 0 Å². The molecule has 0 heterocycles. The van der Waals surface area contributed by atoms with Crippen LogP contribution in [0.4, 0.5) is 0 Å². The van der Waals surface area contributed by atoms with Crippen LogP contribution < -0.4 is 5.32 Å². The van der Waals surface area contributed by atoms with Crippen LogP contribution in [0.2, 0.25) is 0 Å². The van der Waals surface area contributed by atoms with E-state index in [0.29, 0.717) is 12.5 Å². The van der Waals surface area contributed by atoms with Gasteiger partial charge in [-0.1, -0.05) is 19.3 Å². The van der Waals surface area contributed by atoms with Gasteiger partial charge in [0.05, 0.1) is 0 Å². The van der Waals surface area contributed by atoms with E-state index in [4.69, 9.17) is 4.74 Å². The SMILES string of the molecule is O=C(COC(=O)c1cc(I)ccc1O)NCC1CCCCC1. The highest BCUT2D eigenvalue weighted by Gasteiger charge is 2.17. The molecule has 1 aromatic rings. The van der Waals surface area contributed by atoms with E-state index >= 15 is 0 Å². The maximum Gasteiger partial charge on any atom is 0.342 e. The summed E-state index contributed by atoms with van der Waals surface area (Å²) < 4.78 is 5.76. The third kappa shape index (κ3) is 5.15. The molecule has 6 heteroatoms. The monoisotopic (exact) mass is 417 g/mol. The van der Waals surface area contributed by atoms with Crippen LogP contribution in [-0.2, 0) is 9.53 Å². The highest BCUT2D eigenvalue weighted by Crippen LogP contribution is 2.23. The zero-order valence-corrected chi connectivity index (χ0v) is 14.5. The lowest BCUT2D eigenvalue weighted by Gasteiger charge is -2.21. The molecule has 1 saturated carbocycles. The molecule has 1 amide bonds. The number of phenolic OH excluding ortho intramolecular Hbond substituents is 1. The second-order valence-corrected chi connectivity index (χ2v) is 6.79. The fourth-order valence-electron chi connectivity index (χ4n) is 2.58. The average Bonchev–Trinajstić information content (AvgIpc) is 2.54. The number of nitrogens with one attached hydrogen (secondary N) is 1. The van der Waals surface area contributed by atoms with E-state index in [9.17, 15) is 14.7 Å². The van der Waals surface area contributed by atoms with Crippen LogP contribution in [0.15, 0.2) is 18.2 Å². The van der Waals surface area contributed by atoms with Crippen molar-refractivity contribution in [3.05, 3.63) is 27.3 Å². The van der Waals surface area contributed by atoms with Crippen molar-refractivity contribution in [2.75, 3.05) is 13.2 Å².